The molecule has 2 aliphatic carbocycles. The van der Waals surface area contributed by atoms with Crippen molar-refractivity contribution in [3.05, 3.63) is 42.6 Å². The lowest BCUT2D eigenvalue weighted by Gasteiger charge is -2.13. The first kappa shape index (κ1) is 16.3. The van der Waals surface area contributed by atoms with Crippen LogP contribution in [0.3, 0.4) is 0 Å². The zero-order valence-corrected chi connectivity index (χ0v) is 15.2. The molecule has 0 spiro atoms. The average Bonchev–Trinajstić information content (AvgIpc) is 3.26. The van der Waals surface area contributed by atoms with E-state index in [4.69, 9.17) is 0 Å². The molecular formula is C21H23N5O. The zero-order chi connectivity index (χ0) is 18.2. The molecule has 0 aliphatic heterocycles. The van der Waals surface area contributed by atoms with Crippen molar-refractivity contribution < 1.29 is 4.79 Å². The molecule has 0 unspecified atom stereocenters. The quantitative estimate of drug-likeness (QED) is 0.718. The van der Waals surface area contributed by atoms with Crippen molar-refractivity contribution >= 4 is 23.2 Å². The fourth-order valence-electron chi connectivity index (χ4n) is 3.79. The van der Waals surface area contributed by atoms with Crippen molar-refractivity contribution in [2.45, 2.75) is 44.6 Å². The standard InChI is InChI=1S/C21H23N5O/c27-20(15-7-8-15)24-21-23-19-18(6-3-13-26(19)25-21)14-9-11-17(12-10-14)22-16-4-1-2-5-16/h3,6,9-13,15-16,22H,1-2,4-5,7-8H2,(H,24,25,27). The van der Waals surface area contributed by atoms with Crippen LogP contribution in [0.4, 0.5) is 11.6 Å². The van der Waals surface area contributed by atoms with Crippen molar-refractivity contribution in [3.8, 4) is 11.1 Å². The van der Waals surface area contributed by atoms with Gasteiger partial charge in [-0.2, -0.15) is 4.98 Å². The van der Waals surface area contributed by atoms with E-state index < -0.39 is 0 Å². The van der Waals surface area contributed by atoms with E-state index in [0.717, 1.165) is 35.3 Å². The Labute approximate surface area is 158 Å². The van der Waals surface area contributed by atoms with Gasteiger partial charge < -0.3 is 5.32 Å². The Balaban J connectivity index is 1.40. The highest BCUT2D eigenvalue weighted by Gasteiger charge is 2.30. The summed E-state index contributed by atoms with van der Waals surface area (Å²) < 4.78 is 1.72. The van der Waals surface area contributed by atoms with Crippen LogP contribution in [0.15, 0.2) is 42.6 Å². The topological polar surface area (TPSA) is 71.3 Å². The number of nitrogens with one attached hydrogen (secondary N) is 2. The molecule has 3 aromatic rings. The third kappa shape index (κ3) is 3.39. The average molecular weight is 361 g/mol. The number of pyridine rings is 1. The number of amides is 1. The van der Waals surface area contributed by atoms with Gasteiger partial charge in [0.25, 0.3) is 0 Å². The number of carbonyl (C=O) groups is 1. The second kappa shape index (κ2) is 6.68. The zero-order valence-electron chi connectivity index (χ0n) is 15.2. The predicted molar refractivity (Wildman–Crippen MR) is 106 cm³/mol. The fraction of sp³-hybridized carbons (Fsp3) is 0.381. The summed E-state index contributed by atoms with van der Waals surface area (Å²) in [6, 6.07) is 13.1. The summed E-state index contributed by atoms with van der Waals surface area (Å²) in [5, 5.41) is 10.8. The highest BCUT2D eigenvalue weighted by molar-refractivity contribution is 5.93. The van der Waals surface area contributed by atoms with Crippen LogP contribution in [0.1, 0.15) is 38.5 Å². The minimum Gasteiger partial charge on any atom is -0.382 e. The van der Waals surface area contributed by atoms with Gasteiger partial charge >= 0.3 is 0 Å². The first-order valence-electron chi connectivity index (χ1n) is 9.79. The Kier molecular flexibility index (Phi) is 4.03. The molecule has 1 amide bonds. The number of anilines is 2. The first-order valence-corrected chi connectivity index (χ1v) is 9.79. The summed E-state index contributed by atoms with van der Waals surface area (Å²) in [7, 11) is 0. The van der Waals surface area contributed by atoms with E-state index in [1.54, 1.807) is 4.52 Å². The number of fused-ring (bicyclic) bond motifs is 1. The molecule has 6 heteroatoms. The lowest BCUT2D eigenvalue weighted by atomic mass is 10.1. The Bertz CT molecular complexity index is 968. The number of carbonyl (C=O) groups excluding carboxylic acids is 1. The highest BCUT2D eigenvalue weighted by Crippen LogP contribution is 2.30. The van der Waals surface area contributed by atoms with Gasteiger partial charge in [0.1, 0.15) is 0 Å². The third-order valence-electron chi connectivity index (χ3n) is 5.47. The lowest BCUT2D eigenvalue weighted by Crippen LogP contribution is -2.14. The molecule has 0 saturated heterocycles. The summed E-state index contributed by atoms with van der Waals surface area (Å²) in [4.78, 5) is 16.5. The van der Waals surface area contributed by atoms with Crippen molar-refractivity contribution in [2.75, 3.05) is 10.6 Å². The maximum Gasteiger partial charge on any atom is 0.249 e. The molecule has 2 saturated carbocycles. The Morgan fingerprint density at radius 1 is 1.04 bits per heavy atom. The van der Waals surface area contributed by atoms with Crippen LogP contribution in [-0.2, 0) is 4.79 Å². The van der Waals surface area contributed by atoms with E-state index in [2.05, 4.69) is 45.0 Å². The molecule has 27 heavy (non-hydrogen) atoms. The summed E-state index contributed by atoms with van der Waals surface area (Å²) in [6.45, 7) is 0. The lowest BCUT2D eigenvalue weighted by molar-refractivity contribution is -0.117. The van der Waals surface area contributed by atoms with Crippen LogP contribution in [0.25, 0.3) is 16.8 Å². The number of benzene rings is 1. The van der Waals surface area contributed by atoms with Gasteiger partial charge in [0.15, 0.2) is 5.65 Å². The molecule has 6 nitrogen and oxygen atoms in total. The molecule has 0 atom stereocenters. The van der Waals surface area contributed by atoms with E-state index in [1.165, 1.54) is 25.7 Å². The maximum absolute atomic E-state index is 12.0. The summed E-state index contributed by atoms with van der Waals surface area (Å²) in [6.07, 6.45) is 8.95. The molecule has 2 N–H and O–H groups in total. The van der Waals surface area contributed by atoms with E-state index in [0.29, 0.717) is 12.0 Å². The van der Waals surface area contributed by atoms with Gasteiger partial charge in [0.05, 0.1) is 0 Å². The molecule has 5 rings (SSSR count). The smallest absolute Gasteiger partial charge is 0.249 e. The van der Waals surface area contributed by atoms with E-state index in [9.17, 15) is 4.79 Å². The van der Waals surface area contributed by atoms with Crippen LogP contribution < -0.4 is 10.6 Å². The molecule has 0 radical (unpaired) electrons. The fourth-order valence-corrected chi connectivity index (χ4v) is 3.79. The van der Waals surface area contributed by atoms with E-state index >= 15 is 0 Å². The maximum atomic E-state index is 12.0. The SMILES string of the molecule is O=C(Nc1nc2c(-c3ccc(NC4CCCC4)cc3)cccn2n1)C1CC1. The van der Waals surface area contributed by atoms with Crippen molar-refractivity contribution in [3.63, 3.8) is 0 Å². The molecule has 2 aromatic heterocycles. The van der Waals surface area contributed by atoms with Crippen molar-refractivity contribution in [1.82, 2.24) is 14.6 Å². The van der Waals surface area contributed by atoms with Gasteiger partial charge in [-0.25, -0.2) is 4.52 Å². The van der Waals surface area contributed by atoms with Crippen molar-refractivity contribution in [1.29, 1.82) is 0 Å². The number of nitrogens with zero attached hydrogens (tertiary/aromatic N) is 3. The van der Waals surface area contributed by atoms with Gasteiger partial charge in [-0.1, -0.05) is 25.0 Å². The van der Waals surface area contributed by atoms with Gasteiger partial charge in [-0.3, -0.25) is 10.1 Å². The predicted octanol–water partition coefficient (Wildman–Crippen LogP) is 4.10. The van der Waals surface area contributed by atoms with Gasteiger partial charge in [-0.15, -0.1) is 5.10 Å². The normalized spacial score (nSPS) is 17.3. The number of aromatic nitrogens is 3. The van der Waals surface area contributed by atoms with Crippen LogP contribution in [0.2, 0.25) is 0 Å². The molecule has 1 aromatic carbocycles. The molecule has 0 bridgehead atoms. The van der Waals surface area contributed by atoms with Crippen LogP contribution in [0, 0.1) is 5.92 Å². The Morgan fingerprint density at radius 2 is 1.81 bits per heavy atom. The first-order chi connectivity index (χ1) is 13.3. The Morgan fingerprint density at radius 3 is 2.56 bits per heavy atom. The molecule has 2 heterocycles. The largest absolute Gasteiger partial charge is 0.382 e. The minimum absolute atomic E-state index is 0.0230. The van der Waals surface area contributed by atoms with Crippen LogP contribution in [-0.4, -0.2) is 26.5 Å². The van der Waals surface area contributed by atoms with Crippen LogP contribution >= 0.6 is 0 Å². The molecule has 2 aliphatic rings. The monoisotopic (exact) mass is 361 g/mol. The van der Waals surface area contributed by atoms with Crippen molar-refractivity contribution in [2.24, 2.45) is 5.92 Å². The number of hydrogen-bond acceptors (Lipinski definition) is 4. The summed E-state index contributed by atoms with van der Waals surface area (Å²) in [5.41, 5.74) is 4.01. The number of rotatable bonds is 5. The Hall–Kier alpha value is -2.89. The van der Waals surface area contributed by atoms with Gasteiger partial charge in [0, 0.05) is 29.4 Å². The third-order valence-corrected chi connectivity index (χ3v) is 5.47. The van der Waals surface area contributed by atoms with Crippen LogP contribution in [0.5, 0.6) is 0 Å². The minimum atomic E-state index is 0.0230. The second-order valence-corrected chi connectivity index (χ2v) is 7.59. The summed E-state index contributed by atoms with van der Waals surface area (Å²) in [5.74, 6) is 0.532. The second-order valence-electron chi connectivity index (χ2n) is 7.59. The van der Waals surface area contributed by atoms with Gasteiger partial charge in [0.2, 0.25) is 11.9 Å². The molecular weight excluding hydrogens is 338 g/mol. The molecule has 138 valence electrons. The molecule has 2 fully saturated rings. The highest BCUT2D eigenvalue weighted by atomic mass is 16.2. The number of hydrogen-bond donors (Lipinski definition) is 2. The summed E-state index contributed by atoms with van der Waals surface area (Å²) >= 11 is 0. The van der Waals surface area contributed by atoms with E-state index in [1.807, 2.05) is 18.3 Å². The van der Waals surface area contributed by atoms with Gasteiger partial charge in [-0.05, 0) is 55.5 Å². The van der Waals surface area contributed by atoms with E-state index in [-0.39, 0.29) is 11.8 Å².